The van der Waals surface area contributed by atoms with E-state index in [1.165, 1.54) is 18.2 Å². The number of aromatic nitrogens is 1. The van der Waals surface area contributed by atoms with Crippen LogP contribution in [0.5, 0.6) is 0 Å². The minimum atomic E-state index is -1.21. The van der Waals surface area contributed by atoms with Crippen molar-refractivity contribution in [1.29, 1.82) is 0 Å². The van der Waals surface area contributed by atoms with E-state index in [1.807, 2.05) is 44.2 Å². The number of carboxylic acid groups (broad SMARTS) is 1. The van der Waals surface area contributed by atoms with Gasteiger partial charge < -0.3 is 24.6 Å². The van der Waals surface area contributed by atoms with Crippen molar-refractivity contribution in [3.63, 3.8) is 0 Å². The Morgan fingerprint density at radius 3 is 2.33 bits per heavy atom. The van der Waals surface area contributed by atoms with Crippen molar-refractivity contribution in [2.75, 3.05) is 0 Å². The summed E-state index contributed by atoms with van der Waals surface area (Å²) in [7, 11) is 0. The number of aliphatic hydroxyl groups excluding tert-OH is 2. The van der Waals surface area contributed by atoms with Crippen molar-refractivity contribution in [2.24, 2.45) is 0 Å². The summed E-state index contributed by atoms with van der Waals surface area (Å²) in [5.74, 6) is -2.17. The Balaban J connectivity index is 1.99. The summed E-state index contributed by atoms with van der Waals surface area (Å²) in [4.78, 5) is 24.0. The summed E-state index contributed by atoms with van der Waals surface area (Å²) >= 11 is 0. The Kier molecular flexibility index (Phi) is 9.16. The first-order valence-electron chi connectivity index (χ1n) is 11.6. The third kappa shape index (κ3) is 7.13. The van der Waals surface area contributed by atoms with Crippen molar-refractivity contribution >= 4 is 18.1 Å². The molecular formula is C28H30FNO6. The van der Waals surface area contributed by atoms with Crippen LogP contribution < -0.4 is 0 Å². The summed E-state index contributed by atoms with van der Waals surface area (Å²) in [6.07, 6.45) is -0.000684. The van der Waals surface area contributed by atoms with Gasteiger partial charge in [0.2, 0.25) is 0 Å². The van der Waals surface area contributed by atoms with Gasteiger partial charge in [-0.25, -0.2) is 9.18 Å². The highest BCUT2D eigenvalue weighted by molar-refractivity contribution is 5.97. The van der Waals surface area contributed by atoms with Crippen molar-refractivity contribution in [2.45, 2.75) is 51.4 Å². The van der Waals surface area contributed by atoms with Crippen molar-refractivity contribution in [3.05, 3.63) is 89.4 Å². The van der Waals surface area contributed by atoms with Crippen molar-refractivity contribution < 1.29 is 34.0 Å². The molecule has 0 fully saturated rings. The third-order valence-electron chi connectivity index (χ3n) is 5.59. The number of carbonyl (C=O) groups is 2. The molecule has 3 aromatic rings. The minimum absolute atomic E-state index is 0.0285. The molecule has 0 saturated heterocycles. The van der Waals surface area contributed by atoms with Gasteiger partial charge in [0.05, 0.1) is 29.9 Å². The van der Waals surface area contributed by atoms with Crippen molar-refractivity contribution in [3.8, 4) is 11.3 Å². The molecule has 0 aliphatic carbocycles. The Morgan fingerprint density at radius 2 is 1.72 bits per heavy atom. The molecule has 0 amide bonds. The van der Waals surface area contributed by atoms with E-state index in [9.17, 15) is 24.2 Å². The molecule has 0 bridgehead atoms. The number of hydrogen-bond donors (Lipinski definition) is 3. The molecule has 0 spiro atoms. The Bertz CT molecular complexity index is 1200. The van der Waals surface area contributed by atoms with Crippen molar-refractivity contribution in [1.82, 2.24) is 4.57 Å². The van der Waals surface area contributed by atoms with E-state index in [0.29, 0.717) is 11.3 Å². The van der Waals surface area contributed by atoms with Crippen LogP contribution in [-0.4, -0.2) is 44.0 Å². The molecule has 1 aromatic heterocycles. The normalized spacial score (nSPS) is 13.2. The van der Waals surface area contributed by atoms with E-state index in [0.717, 1.165) is 11.3 Å². The SMILES string of the molecule is CC(C)c1cc(C(=O)OCc2ccccc2)c(-c2ccc(F)cc2)n1/C=C/[C@@H](O)C[C@@H](O)CC(=O)O. The number of carbonyl (C=O) groups excluding carboxylic acids is 1. The van der Waals surface area contributed by atoms with Crippen LogP contribution in [0.2, 0.25) is 0 Å². The number of benzene rings is 2. The minimum Gasteiger partial charge on any atom is -0.481 e. The van der Waals surface area contributed by atoms with Gasteiger partial charge in [-0.15, -0.1) is 0 Å². The van der Waals surface area contributed by atoms with Gasteiger partial charge in [0.1, 0.15) is 12.4 Å². The fourth-order valence-corrected chi connectivity index (χ4v) is 3.84. The predicted octanol–water partition coefficient (Wildman–Crippen LogP) is 4.83. The lowest BCUT2D eigenvalue weighted by molar-refractivity contribution is -0.139. The zero-order valence-electron chi connectivity index (χ0n) is 20.2. The monoisotopic (exact) mass is 495 g/mol. The van der Waals surface area contributed by atoms with Crippen LogP contribution in [0.1, 0.15) is 54.2 Å². The average Bonchev–Trinajstić information content (AvgIpc) is 3.21. The molecular weight excluding hydrogens is 465 g/mol. The van der Waals surface area contributed by atoms with E-state index < -0.39 is 36.4 Å². The number of rotatable bonds is 11. The summed E-state index contributed by atoms with van der Waals surface area (Å²) < 4.78 is 21.0. The van der Waals surface area contributed by atoms with Gasteiger partial charge in [-0.3, -0.25) is 4.79 Å². The van der Waals surface area contributed by atoms with Crippen LogP contribution in [-0.2, 0) is 16.1 Å². The standard InChI is InChI=1S/C28H30FNO6/c1-18(2)25-16-24(28(35)36-17-19-6-4-3-5-7-19)27(20-8-10-21(29)11-9-20)30(25)13-12-22(31)14-23(32)15-26(33)34/h3-13,16,18,22-23,31-32H,14-15,17H2,1-2H3,(H,33,34)/b13-12+/t22-,23-/m1/s1. The number of halogens is 1. The molecule has 0 aliphatic heterocycles. The van der Waals surface area contributed by atoms with Crippen LogP contribution in [0.25, 0.3) is 17.5 Å². The second-order valence-corrected chi connectivity index (χ2v) is 8.82. The molecule has 2 aromatic carbocycles. The highest BCUT2D eigenvalue weighted by Crippen LogP contribution is 2.32. The van der Waals surface area contributed by atoms with Crippen LogP contribution in [0.4, 0.5) is 4.39 Å². The lowest BCUT2D eigenvalue weighted by Crippen LogP contribution is -2.19. The zero-order chi connectivity index (χ0) is 26.2. The van der Waals surface area contributed by atoms with E-state index in [1.54, 1.807) is 29.0 Å². The highest BCUT2D eigenvalue weighted by atomic mass is 19.1. The number of ether oxygens (including phenoxy) is 1. The fourth-order valence-electron chi connectivity index (χ4n) is 3.84. The molecule has 0 unspecified atom stereocenters. The molecule has 190 valence electrons. The maximum absolute atomic E-state index is 13.7. The molecule has 0 radical (unpaired) electrons. The van der Waals surface area contributed by atoms with Gasteiger partial charge in [0.25, 0.3) is 0 Å². The van der Waals surface area contributed by atoms with E-state index in [2.05, 4.69) is 0 Å². The summed E-state index contributed by atoms with van der Waals surface area (Å²) in [5.41, 5.74) is 2.90. The summed E-state index contributed by atoms with van der Waals surface area (Å²) in [6.45, 7) is 3.97. The Morgan fingerprint density at radius 1 is 1.06 bits per heavy atom. The third-order valence-corrected chi connectivity index (χ3v) is 5.59. The van der Waals surface area contributed by atoms with E-state index >= 15 is 0 Å². The molecule has 3 N–H and O–H groups in total. The second kappa shape index (κ2) is 12.3. The predicted molar refractivity (Wildman–Crippen MR) is 134 cm³/mol. The quantitative estimate of drug-likeness (QED) is 0.329. The number of aliphatic carboxylic acids is 1. The first-order valence-corrected chi connectivity index (χ1v) is 11.6. The smallest absolute Gasteiger partial charge is 0.340 e. The molecule has 0 aliphatic rings. The first kappa shape index (κ1) is 26.8. The van der Waals surface area contributed by atoms with Gasteiger partial charge in [-0.1, -0.05) is 44.2 Å². The molecule has 36 heavy (non-hydrogen) atoms. The molecule has 8 heteroatoms. The molecule has 1 heterocycles. The lowest BCUT2D eigenvalue weighted by atomic mass is 10.1. The maximum Gasteiger partial charge on any atom is 0.340 e. The van der Waals surface area contributed by atoms with Crippen LogP contribution in [0.15, 0.2) is 66.7 Å². The number of aliphatic hydroxyl groups is 2. The van der Waals surface area contributed by atoms with Gasteiger partial charge in [0, 0.05) is 18.3 Å². The zero-order valence-corrected chi connectivity index (χ0v) is 20.2. The van der Waals surface area contributed by atoms with Gasteiger partial charge in [-0.2, -0.15) is 0 Å². The molecule has 3 rings (SSSR count). The van der Waals surface area contributed by atoms with E-state index in [4.69, 9.17) is 9.84 Å². The topological polar surface area (TPSA) is 109 Å². The number of carboxylic acids is 1. The van der Waals surface area contributed by atoms with Gasteiger partial charge in [0.15, 0.2) is 0 Å². The van der Waals surface area contributed by atoms with Crippen LogP contribution in [0.3, 0.4) is 0 Å². The highest BCUT2D eigenvalue weighted by Gasteiger charge is 2.24. The van der Waals surface area contributed by atoms with E-state index in [-0.39, 0.29) is 24.5 Å². The molecule has 2 atom stereocenters. The fraction of sp³-hybridized carbons (Fsp3) is 0.286. The van der Waals surface area contributed by atoms with Crippen LogP contribution >= 0.6 is 0 Å². The summed E-state index contributed by atoms with van der Waals surface area (Å²) in [5, 5.41) is 29.0. The molecule has 0 saturated carbocycles. The van der Waals surface area contributed by atoms with Gasteiger partial charge in [-0.05, 0) is 53.5 Å². The number of hydrogen-bond acceptors (Lipinski definition) is 5. The maximum atomic E-state index is 13.7. The Hall–Kier alpha value is -3.75. The lowest BCUT2D eigenvalue weighted by Gasteiger charge is -2.15. The first-order chi connectivity index (χ1) is 17.2. The van der Waals surface area contributed by atoms with Gasteiger partial charge >= 0.3 is 11.9 Å². The number of nitrogens with zero attached hydrogens (tertiary/aromatic N) is 1. The Labute approximate surface area is 209 Å². The number of esters is 1. The average molecular weight is 496 g/mol. The second-order valence-electron chi connectivity index (χ2n) is 8.82. The van der Waals surface area contributed by atoms with Crippen LogP contribution in [0, 0.1) is 5.82 Å². The largest absolute Gasteiger partial charge is 0.481 e. The molecule has 7 nitrogen and oxygen atoms in total. The summed E-state index contributed by atoms with van der Waals surface area (Å²) in [6, 6.07) is 16.7.